The van der Waals surface area contributed by atoms with Crippen LogP contribution in [0.5, 0.6) is 17.2 Å². The van der Waals surface area contributed by atoms with Crippen molar-refractivity contribution in [1.29, 1.82) is 0 Å². The Labute approximate surface area is 229 Å². The molecule has 1 aliphatic rings. The van der Waals surface area contributed by atoms with Crippen molar-refractivity contribution in [2.45, 2.75) is 46.3 Å². The summed E-state index contributed by atoms with van der Waals surface area (Å²) in [6.45, 7) is 8.75. The summed E-state index contributed by atoms with van der Waals surface area (Å²) in [5.41, 5.74) is 1.94. The van der Waals surface area contributed by atoms with Crippen LogP contribution in [0.25, 0.3) is 5.76 Å². The summed E-state index contributed by atoms with van der Waals surface area (Å²) in [5, 5.41) is 11.4. The SMILES string of the molecule is CCCOc1ccc(/C(O)=C2\C(=O)C(=O)N(CCOC(C)C)C2c2cccc(Oc3ccccc3)c2)cc1C. The van der Waals surface area contributed by atoms with Crippen LogP contribution >= 0.6 is 0 Å². The van der Waals surface area contributed by atoms with Gasteiger partial charge in [-0.2, -0.15) is 0 Å². The molecule has 3 aromatic carbocycles. The maximum absolute atomic E-state index is 13.4. The van der Waals surface area contributed by atoms with Gasteiger partial charge in [-0.3, -0.25) is 9.59 Å². The molecular formula is C32H35NO6. The van der Waals surface area contributed by atoms with Crippen LogP contribution in [-0.4, -0.2) is 47.6 Å². The van der Waals surface area contributed by atoms with E-state index in [-0.39, 0.29) is 30.6 Å². The lowest BCUT2D eigenvalue weighted by Gasteiger charge is -2.26. The first-order valence-electron chi connectivity index (χ1n) is 13.3. The van der Waals surface area contributed by atoms with Gasteiger partial charge in [-0.15, -0.1) is 0 Å². The number of benzene rings is 3. The molecule has 0 aliphatic carbocycles. The molecule has 1 atom stereocenters. The van der Waals surface area contributed by atoms with Gasteiger partial charge in [-0.25, -0.2) is 0 Å². The van der Waals surface area contributed by atoms with Crippen molar-refractivity contribution in [1.82, 2.24) is 4.90 Å². The number of aliphatic hydroxyl groups is 1. The van der Waals surface area contributed by atoms with Gasteiger partial charge in [0.05, 0.1) is 30.9 Å². The van der Waals surface area contributed by atoms with Gasteiger partial charge >= 0.3 is 0 Å². The zero-order valence-corrected chi connectivity index (χ0v) is 22.8. The summed E-state index contributed by atoms with van der Waals surface area (Å²) >= 11 is 0. The standard InChI is InChI=1S/C32H35NO6/c1-5-17-38-27-15-14-24(19-22(27)4)30(34)28-29(33(32(36)31(28)35)16-18-37-21(2)3)23-10-9-13-26(20-23)39-25-11-7-6-8-12-25/h6-15,19-21,29,34H,5,16-18H2,1-4H3/b30-28+. The number of aliphatic hydroxyl groups excluding tert-OH is 1. The number of aryl methyl sites for hydroxylation is 1. The first-order valence-corrected chi connectivity index (χ1v) is 13.3. The molecule has 7 nitrogen and oxygen atoms in total. The van der Waals surface area contributed by atoms with Gasteiger partial charge in [0.25, 0.3) is 11.7 Å². The molecular weight excluding hydrogens is 494 g/mol. The Morgan fingerprint density at radius 2 is 1.69 bits per heavy atom. The number of amides is 1. The molecule has 0 saturated carbocycles. The zero-order chi connectivity index (χ0) is 27.9. The molecule has 0 spiro atoms. The van der Waals surface area contributed by atoms with Crippen LogP contribution < -0.4 is 9.47 Å². The van der Waals surface area contributed by atoms with Gasteiger partial charge in [0.15, 0.2) is 0 Å². The number of rotatable bonds is 11. The first kappa shape index (κ1) is 27.9. The number of likely N-dealkylation sites (tertiary alicyclic amines) is 1. The van der Waals surface area contributed by atoms with E-state index in [4.69, 9.17) is 14.2 Å². The van der Waals surface area contributed by atoms with E-state index in [0.717, 1.165) is 12.0 Å². The number of nitrogens with zero attached hydrogens (tertiary/aromatic N) is 1. The Kier molecular flexibility index (Phi) is 9.04. The predicted octanol–water partition coefficient (Wildman–Crippen LogP) is 6.42. The fourth-order valence-corrected chi connectivity index (χ4v) is 4.54. The Hall–Kier alpha value is -4.10. The van der Waals surface area contributed by atoms with Crippen molar-refractivity contribution in [3.8, 4) is 17.2 Å². The molecule has 1 heterocycles. The van der Waals surface area contributed by atoms with Crippen LogP contribution in [0.4, 0.5) is 0 Å². The molecule has 204 valence electrons. The molecule has 4 rings (SSSR count). The second-order valence-corrected chi connectivity index (χ2v) is 9.73. The Morgan fingerprint density at radius 1 is 0.949 bits per heavy atom. The van der Waals surface area contributed by atoms with Gasteiger partial charge in [0.2, 0.25) is 0 Å². The molecule has 3 aromatic rings. The van der Waals surface area contributed by atoms with E-state index in [1.165, 1.54) is 4.90 Å². The molecule has 1 amide bonds. The molecule has 39 heavy (non-hydrogen) atoms. The number of carbonyl (C=O) groups excluding carboxylic acids is 2. The number of ketones is 1. The molecule has 0 aromatic heterocycles. The van der Waals surface area contributed by atoms with E-state index in [0.29, 0.717) is 35.0 Å². The topological polar surface area (TPSA) is 85.3 Å². The van der Waals surface area contributed by atoms with Gasteiger partial charge in [0, 0.05) is 12.1 Å². The number of para-hydroxylation sites is 1. The van der Waals surface area contributed by atoms with E-state index in [2.05, 4.69) is 0 Å². The number of Topliss-reactive ketones (excluding diaryl/α,β-unsaturated/α-hetero) is 1. The highest BCUT2D eigenvalue weighted by atomic mass is 16.5. The minimum atomic E-state index is -0.809. The smallest absolute Gasteiger partial charge is 0.295 e. The van der Waals surface area contributed by atoms with Crippen LogP contribution in [0, 0.1) is 6.92 Å². The van der Waals surface area contributed by atoms with Crippen molar-refractivity contribution < 1.29 is 28.9 Å². The summed E-state index contributed by atoms with van der Waals surface area (Å²) in [6.07, 6.45) is 0.845. The third kappa shape index (κ3) is 6.49. The lowest BCUT2D eigenvalue weighted by molar-refractivity contribution is -0.140. The number of carbonyl (C=O) groups is 2. The van der Waals surface area contributed by atoms with Crippen molar-refractivity contribution in [3.63, 3.8) is 0 Å². The average Bonchev–Trinajstić information content (AvgIpc) is 3.17. The van der Waals surface area contributed by atoms with E-state index >= 15 is 0 Å². The van der Waals surface area contributed by atoms with Crippen molar-refractivity contribution in [2.75, 3.05) is 19.8 Å². The number of ether oxygens (including phenoxy) is 3. The number of hydrogen-bond acceptors (Lipinski definition) is 6. The third-order valence-electron chi connectivity index (χ3n) is 6.39. The summed E-state index contributed by atoms with van der Waals surface area (Å²) in [6, 6.07) is 21.0. The lowest BCUT2D eigenvalue weighted by atomic mass is 9.94. The number of hydrogen-bond donors (Lipinski definition) is 1. The van der Waals surface area contributed by atoms with Crippen molar-refractivity contribution in [3.05, 3.63) is 95.1 Å². The van der Waals surface area contributed by atoms with Gasteiger partial charge in [-0.05, 0) is 80.8 Å². The Morgan fingerprint density at radius 3 is 2.38 bits per heavy atom. The van der Waals surface area contributed by atoms with Crippen molar-refractivity contribution in [2.24, 2.45) is 0 Å². The molecule has 1 N–H and O–H groups in total. The maximum Gasteiger partial charge on any atom is 0.295 e. The van der Waals surface area contributed by atoms with Crippen LogP contribution in [-0.2, 0) is 14.3 Å². The predicted molar refractivity (Wildman–Crippen MR) is 150 cm³/mol. The van der Waals surface area contributed by atoms with Gasteiger partial charge in [-0.1, -0.05) is 37.3 Å². The zero-order valence-electron chi connectivity index (χ0n) is 22.8. The molecule has 1 aliphatic heterocycles. The summed E-state index contributed by atoms with van der Waals surface area (Å²) in [4.78, 5) is 28.1. The first-order chi connectivity index (χ1) is 18.8. The molecule has 7 heteroatoms. The molecule has 1 saturated heterocycles. The van der Waals surface area contributed by atoms with Gasteiger partial charge in [0.1, 0.15) is 23.0 Å². The van der Waals surface area contributed by atoms with Crippen molar-refractivity contribution >= 4 is 17.4 Å². The van der Waals surface area contributed by atoms with E-state index in [9.17, 15) is 14.7 Å². The highest BCUT2D eigenvalue weighted by molar-refractivity contribution is 6.46. The van der Waals surface area contributed by atoms with E-state index in [1.807, 2.05) is 76.2 Å². The highest BCUT2D eigenvalue weighted by Crippen LogP contribution is 2.41. The fraction of sp³-hybridized carbons (Fsp3) is 0.312. The highest BCUT2D eigenvalue weighted by Gasteiger charge is 2.46. The molecule has 1 fully saturated rings. The second-order valence-electron chi connectivity index (χ2n) is 9.73. The van der Waals surface area contributed by atoms with Crippen LogP contribution in [0.2, 0.25) is 0 Å². The summed E-state index contributed by atoms with van der Waals surface area (Å²) < 4.78 is 17.5. The van der Waals surface area contributed by atoms with Crippen LogP contribution in [0.15, 0.2) is 78.4 Å². The van der Waals surface area contributed by atoms with Gasteiger partial charge < -0.3 is 24.2 Å². The largest absolute Gasteiger partial charge is 0.507 e. The Balaban J connectivity index is 1.76. The second kappa shape index (κ2) is 12.6. The third-order valence-corrected chi connectivity index (χ3v) is 6.39. The molecule has 0 bridgehead atoms. The fourth-order valence-electron chi connectivity index (χ4n) is 4.54. The quantitative estimate of drug-likeness (QED) is 0.175. The van der Waals surface area contributed by atoms with Crippen LogP contribution in [0.3, 0.4) is 0 Å². The summed E-state index contributed by atoms with van der Waals surface area (Å²) in [5.74, 6) is 0.279. The van der Waals surface area contributed by atoms with E-state index in [1.54, 1.807) is 24.3 Å². The monoisotopic (exact) mass is 529 g/mol. The minimum absolute atomic E-state index is 0.0284. The molecule has 1 unspecified atom stereocenters. The van der Waals surface area contributed by atoms with E-state index < -0.39 is 17.7 Å². The minimum Gasteiger partial charge on any atom is -0.507 e. The lowest BCUT2D eigenvalue weighted by Crippen LogP contribution is -2.33. The Bertz CT molecular complexity index is 1350. The van der Waals surface area contributed by atoms with Crippen LogP contribution in [0.1, 0.15) is 49.9 Å². The maximum atomic E-state index is 13.4. The summed E-state index contributed by atoms with van der Waals surface area (Å²) in [7, 11) is 0. The average molecular weight is 530 g/mol. The molecule has 0 radical (unpaired) electrons. The normalized spacial score (nSPS) is 16.6.